The van der Waals surface area contributed by atoms with Crippen LogP contribution in [0, 0.1) is 0 Å². The summed E-state index contributed by atoms with van der Waals surface area (Å²) < 4.78 is 0. The Hall–Kier alpha value is -1.88. The first-order chi connectivity index (χ1) is 10.2. The van der Waals surface area contributed by atoms with Gasteiger partial charge in [0.05, 0.1) is 12.2 Å². The Kier molecular flexibility index (Phi) is 5.75. The van der Waals surface area contributed by atoms with E-state index in [1.165, 1.54) is 0 Å². The first-order valence-electron chi connectivity index (χ1n) is 7.23. The van der Waals surface area contributed by atoms with Crippen LogP contribution in [0.5, 0.6) is 0 Å². The van der Waals surface area contributed by atoms with Crippen molar-refractivity contribution in [2.75, 3.05) is 6.54 Å². The van der Waals surface area contributed by atoms with Crippen LogP contribution in [0.4, 0.5) is 0 Å². The predicted molar refractivity (Wildman–Crippen MR) is 90.6 cm³/mol. The van der Waals surface area contributed by atoms with E-state index in [2.05, 4.69) is 58.9 Å². The van der Waals surface area contributed by atoms with Gasteiger partial charge in [0.15, 0.2) is 5.96 Å². The highest BCUT2D eigenvalue weighted by Crippen LogP contribution is 2.21. The van der Waals surface area contributed by atoms with Gasteiger partial charge >= 0.3 is 0 Å². The van der Waals surface area contributed by atoms with Crippen LogP contribution in [-0.2, 0) is 6.54 Å². The van der Waals surface area contributed by atoms with Crippen molar-refractivity contribution < 1.29 is 0 Å². The standard InChI is InChI=1S/C16H22N4S/c1-4-17-16(19-12(2)3)18-10-15-20-14(11-21-15)13-8-6-5-7-9-13/h5-9,11-12H,4,10H2,1-3H3,(H2,17,18,19). The molecule has 2 aromatic rings. The summed E-state index contributed by atoms with van der Waals surface area (Å²) in [5, 5.41) is 9.65. The molecule has 0 saturated heterocycles. The molecule has 2 rings (SSSR count). The maximum atomic E-state index is 4.65. The molecule has 5 heteroatoms. The molecule has 0 bridgehead atoms. The third-order valence-corrected chi connectivity index (χ3v) is 3.60. The lowest BCUT2D eigenvalue weighted by atomic mass is 10.2. The van der Waals surface area contributed by atoms with E-state index in [0.717, 1.165) is 28.8 Å². The van der Waals surface area contributed by atoms with E-state index in [1.807, 2.05) is 18.2 Å². The summed E-state index contributed by atoms with van der Waals surface area (Å²) in [7, 11) is 0. The van der Waals surface area contributed by atoms with Crippen LogP contribution >= 0.6 is 11.3 Å². The second kappa shape index (κ2) is 7.78. The molecule has 0 amide bonds. The Morgan fingerprint density at radius 3 is 2.71 bits per heavy atom. The molecule has 2 N–H and O–H groups in total. The monoisotopic (exact) mass is 302 g/mol. The molecule has 0 unspecified atom stereocenters. The summed E-state index contributed by atoms with van der Waals surface area (Å²) in [5.41, 5.74) is 2.17. The maximum Gasteiger partial charge on any atom is 0.191 e. The van der Waals surface area contributed by atoms with E-state index in [1.54, 1.807) is 11.3 Å². The van der Waals surface area contributed by atoms with Crippen molar-refractivity contribution in [3.05, 3.63) is 40.7 Å². The molecule has 0 aliphatic carbocycles. The van der Waals surface area contributed by atoms with Crippen LogP contribution in [-0.4, -0.2) is 23.5 Å². The fourth-order valence-electron chi connectivity index (χ4n) is 1.87. The highest BCUT2D eigenvalue weighted by Gasteiger charge is 2.05. The van der Waals surface area contributed by atoms with E-state index in [9.17, 15) is 0 Å². The molecule has 0 fully saturated rings. The second-order valence-electron chi connectivity index (χ2n) is 4.99. The van der Waals surface area contributed by atoms with Crippen molar-refractivity contribution in [1.29, 1.82) is 0 Å². The van der Waals surface area contributed by atoms with E-state index in [-0.39, 0.29) is 0 Å². The van der Waals surface area contributed by atoms with Crippen molar-refractivity contribution in [3.8, 4) is 11.3 Å². The number of nitrogens with zero attached hydrogens (tertiary/aromatic N) is 2. The summed E-state index contributed by atoms with van der Waals surface area (Å²) in [5.74, 6) is 0.837. The van der Waals surface area contributed by atoms with Crippen LogP contribution in [0.2, 0.25) is 0 Å². The maximum absolute atomic E-state index is 4.65. The van der Waals surface area contributed by atoms with Crippen molar-refractivity contribution in [1.82, 2.24) is 15.6 Å². The average Bonchev–Trinajstić information content (AvgIpc) is 2.94. The first-order valence-corrected chi connectivity index (χ1v) is 8.11. The summed E-state index contributed by atoms with van der Waals surface area (Å²) >= 11 is 1.65. The van der Waals surface area contributed by atoms with Crippen molar-refractivity contribution in [2.24, 2.45) is 4.99 Å². The Labute approximate surface area is 130 Å². The minimum Gasteiger partial charge on any atom is -0.357 e. The van der Waals surface area contributed by atoms with Crippen LogP contribution in [0.15, 0.2) is 40.7 Å². The van der Waals surface area contributed by atoms with Gasteiger partial charge in [-0.05, 0) is 20.8 Å². The molecule has 112 valence electrons. The highest BCUT2D eigenvalue weighted by molar-refractivity contribution is 7.09. The van der Waals surface area contributed by atoms with Crippen molar-refractivity contribution in [3.63, 3.8) is 0 Å². The number of benzene rings is 1. The molecule has 1 aromatic heterocycles. The first kappa shape index (κ1) is 15.5. The van der Waals surface area contributed by atoms with Gasteiger partial charge in [0, 0.05) is 23.5 Å². The van der Waals surface area contributed by atoms with E-state index >= 15 is 0 Å². The lowest BCUT2D eigenvalue weighted by Crippen LogP contribution is -2.40. The summed E-state index contributed by atoms with van der Waals surface area (Å²) in [6.45, 7) is 7.72. The minimum atomic E-state index is 0.360. The van der Waals surface area contributed by atoms with Gasteiger partial charge in [-0.3, -0.25) is 0 Å². The number of aromatic nitrogens is 1. The van der Waals surface area contributed by atoms with E-state index in [4.69, 9.17) is 0 Å². The Morgan fingerprint density at radius 2 is 2.05 bits per heavy atom. The fraction of sp³-hybridized carbons (Fsp3) is 0.375. The molecule has 0 saturated carbocycles. The van der Waals surface area contributed by atoms with Gasteiger partial charge in [-0.1, -0.05) is 30.3 Å². The molecule has 1 heterocycles. The number of guanidine groups is 1. The lowest BCUT2D eigenvalue weighted by molar-refractivity contribution is 0.700. The van der Waals surface area contributed by atoms with Gasteiger partial charge in [-0.25, -0.2) is 9.98 Å². The second-order valence-corrected chi connectivity index (χ2v) is 5.93. The van der Waals surface area contributed by atoms with Crippen molar-refractivity contribution >= 4 is 17.3 Å². The van der Waals surface area contributed by atoms with Crippen LogP contribution in [0.25, 0.3) is 11.3 Å². The molecule has 0 spiro atoms. The van der Waals surface area contributed by atoms with Gasteiger partial charge in [0.25, 0.3) is 0 Å². The number of rotatable bonds is 5. The summed E-state index contributed by atoms with van der Waals surface area (Å²) in [6, 6.07) is 10.6. The van der Waals surface area contributed by atoms with E-state index < -0.39 is 0 Å². The number of aliphatic imine (C=N–C) groups is 1. The summed E-state index contributed by atoms with van der Waals surface area (Å²) in [6.07, 6.45) is 0. The number of thiazole rings is 1. The van der Waals surface area contributed by atoms with Gasteiger partial charge < -0.3 is 10.6 Å². The Balaban J connectivity index is 2.04. The molecule has 0 atom stereocenters. The third-order valence-electron chi connectivity index (χ3n) is 2.76. The van der Waals surface area contributed by atoms with Gasteiger partial charge in [-0.15, -0.1) is 11.3 Å². The topological polar surface area (TPSA) is 49.3 Å². The zero-order valence-electron chi connectivity index (χ0n) is 12.8. The van der Waals surface area contributed by atoms with Gasteiger partial charge in [0.1, 0.15) is 5.01 Å². The Bertz CT molecular complexity index is 575. The van der Waals surface area contributed by atoms with Crippen molar-refractivity contribution in [2.45, 2.75) is 33.4 Å². The minimum absolute atomic E-state index is 0.360. The van der Waals surface area contributed by atoms with Crippen LogP contribution < -0.4 is 10.6 Å². The molecule has 1 aromatic carbocycles. The van der Waals surface area contributed by atoms with Crippen LogP contribution in [0.1, 0.15) is 25.8 Å². The SMILES string of the molecule is CCNC(=NCc1nc(-c2ccccc2)cs1)NC(C)C. The number of hydrogen-bond donors (Lipinski definition) is 2. The number of hydrogen-bond acceptors (Lipinski definition) is 3. The molecular formula is C16H22N4S. The smallest absolute Gasteiger partial charge is 0.191 e. The third kappa shape index (κ3) is 4.86. The number of nitrogens with one attached hydrogen (secondary N) is 2. The molecule has 0 radical (unpaired) electrons. The zero-order valence-corrected chi connectivity index (χ0v) is 13.6. The molecule has 4 nitrogen and oxygen atoms in total. The predicted octanol–water partition coefficient (Wildman–Crippen LogP) is 3.27. The largest absolute Gasteiger partial charge is 0.357 e. The molecule has 0 aliphatic rings. The quantitative estimate of drug-likeness (QED) is 0.658. The molecule has 21 heavy (non-hydrogen) atoms. The van der Waals surface area contributed by atoms with Gasteiger partial charge in [-0.2, -0.15) is 0 Å². The Morgan fingerprint density at radius 1 is 1.29 bits per heavy atom. The molecule has 0 aliphatic heterocycles. The van der Waals surface area contributed by atoms with E-state index in [0.29, 0.717) is 12.6 Å². The van der Waals surface area contributed by atoms with Gasteiger partial charge in [0.2, 0.25) is 0 Å². The normalized spacial score (nSPS) is 11.7. The highest BCUT2D eigenvalue weighted by atomic mass is 32.1. The zero-order chi connectivity index (χ0) is 15.1. The fourth-order valence-corrected chi connectivity index (χ4v) is 2.59. The molecular weight excluding hydrogens is 280 g/mol. The van der Waals surface area contributed by atoms with Crippen LogP contribution in [0.3, 0.4) is 0 Å². The summed E-state index contributed by atoms with van der Waals surface area (Å²) in [4.78, 5) is 9.22. The lowest BCUT2D eigenvalue weighted by Gasteiger charge is -2.13. The average molecular weight is 302 g/mol.